The number of nitrogens with one attached hydrogen (secondary N) is 2. The Bertz CT molecular complexity index is 1200. The molecule has 0 spiro atoms. The van der Waals surface area contributed by atoms with Gasteiger partial charge in [-0.05, 0) is 29.2 Å². The van der Waals surface area contributed by atoms with Gasteiger partial charge in [-0.2, -0.15) is 0 Å². The van der Waals surface area contributed by atoms with Crippen molar-refractivity contribution in [2.45, 2.75) is 50.9 Å². The highest BCUT2D eigenvalue weighted by Crippen LogP contribution is 2.29. The van der Waals surface area contributed by atoms with E-state index < -0.39 is 41.7 Å². The molecule has 2 aromatic heterocycles. The average molecular weight is 486 g/mol. The second kappa shape index (κ2) is 10.2. The average Bonchev–Trinajstić information content (AvgIpc) is 3.47. The van der Waals surface area contributed by atoms with Crippen molar-refractivity contribution in [2.75, 3.05) is 6.54 Å². The molecule has 35 heavy (non-hydrogen) atoms. The highest BCUT2D eigenvalue weighted by molar-refractivity contribution is 5.89. The van der Waals surface area contributed by atoms with Crippen LogP contribution in [0.1, 0.15) is 54.6 Å². The number of carbonyl (C=O) groups excluding carboxylic acids is 2. The summed E-state index contributed by atoms with van der Waals surface area (Å²) >= 11 is 0. The number of benzene rings is 1. The van der Waals surface area contributed by atoms with Crippen LogP contribution < -0.4 is 5.32 Å². The minimum absolute atomic E-state index is 0.0700. The van der Waals surface area contributed by atoms with Crippen molar-refractivity contribution in [2.24, 2.45) is 0 Å². The minimum atomic E-state index is -1.39. The molecule has 1 aliphatic heterocycles. The first kappa shape index (κ1) is 24.4. The Kier molecular flexibility index (Phi) is 7.13. The Labute approximate surface area is 199 Å². The van der Waals surface area contributed by atoms with Crippen molar-refractivity contribution in [3.05, 3.63) is 76.9 Å². The molecular weight excluding hydrogens is 461 g/mol. The van der Waals surface area contributed by atoms with Crippen LogP contribution in [0.15, 0.2) is 42.9 Å². The van der Waals surface area contributed by atoms with Crippen LogP contribution in [-0.4, -0.2) is 55.9 Å². The molecule has 2 amide bonds. The Balaban J connectivity index is 1.62. The monoisotopic (exact) mass is 486 g/mol. The summed E-state index contributed by atoms with van der Waals surface area (Å²) in [5, 5.41) is 12.4. The normalized spacial score (nSPS) is 18.6. The molecule has 2 N–H and O–H groups in total. The number of aromatic nitrogens is 4. The fourth-order valence-corrected chi connectivity index (χ4v) is 4.27. The van der Waals surface area contributed by atoms with Gasteiger partial charge in [-0.15, -0.1) is 5.10 Å². The van der Waals surface area contributed by atoms with Gasteiger partial charge in [0.25, 0.3) is 0 Å². The third-order valence-corrected chi connectivity index (χ3v) is 6.06. The van der Waals surface area contributed by atoms with E-state index in [2.05, 4.69) is 25.7 Å². The summed E-state index contributed by atoms with van der Waals surface area (Å²) < 4.78 is 43.8. The Morgan fingerprint density at radius 2 is 1.97 bits per heavy atom. The smallest absolute Gasteiger partial charge is 0.243 e. The maximum atomic E-state index is 14.8. The molecule has 1 saturated heterocycles. The van der Waals surface area contributed by atoms with Gasteiger partial charge in [0.2, 0.25) is 11.8 Å². The lowest BCUT2D eigenvalue weighted by Gasteiger charge is -2.27. The van der Waals surface area contributed by atoms with E-state index in [1.165, 1.54) is 24.5 Å². The summed E-state index contributed by atoms with van der Waals surface area (Å²) in [6, 6.07) is 3.66. The van der Waals surface area contributed by atoms with Crippen LogP contribution in [0.25, 0.3) is 0 Å². The number of hydrogen-bond donors (Lipinski definition) is 2. The Morgan fingerprint density at radius 3 is 2.63 bits per heavy atom. The first-order chi connectivity index (χ1) is 16.7. The zero-order valence-corrected chi connectivity index (χ0v) is 19.2. The predicted octanol–water partition coefficient (Wildman–Crippen LogP) is 2.99. The molecule has 0 aliphatic carbocycles. The number of alkyl halides is 1. The molecule has 0 saturated carbocycles. The maximum Gasteiger partial charge on any atom is 0.243 e. The Morgan fingerprint density at radius 1 is 1.17 bits per heavy atom. The van der Waals surface area contributed by atoms with Gasteiger partial charge in [-0.1, -0.05) is 31.2 Å². The fraction of sp³-hybridized carbons (Fsp3) is 0.375. The summed E-state index contributed by atoms with van der Waals surface area (Å²) in [6.07, 6.45) is 1.99. The quantitative estimate of drug-likeness (QED) is 0.535. The lowest BCUT2D eigenvalue weighted by molar-refractivity contribution is -0.138. The first-order valence-corrected chi connectivity index (χ1v) is 11.2. The zero-order chi connectivity index (χ0) is 25.1. The van der Waals surface area contributed by atoms with Crippen molar-refractivity contribution in [1.82, 2.24) is 30.6 Å². The molecule has 11 heteroatoms. The minimum Gasteiger partial charge on any atom is -0.343 e. The molecular formula is C24H25F3N6O2. The molecule has 1 aliphatic rings. The number of carbonyl (C=O) groups is 2. The number of halogens is 3. The van der Waals surface area contributed by atoms with Crippen LogP contribution in [-0.2, 0) is 16.0 Å². The van der Waals surface area contributed by atoms with Gasteiger partial charge in [0, 0.05) is 18.2 Å². The molecule has 3 unspecified atom stereocenters. The standard InChI is InChI=1S/C24H25F3N6O2/c1-13(2)17-4-3-14(7-19(17)26)23(18-5-6-28-11-20(18)27)30-24(35)21-8-15(25)12-33(21)22(34)9-16-10-29-32-31-16/h3-7,10-11,13,15,21,23H,8-9,12H2,1-2H3,(H,30,35)(H,29,31,32). The summed E-state index contributed by atoms with van der Waals surface area (Å²) in [7, 11) is 0. The number of aromatic amines is 1. The number of H-pyrrole nitrogens is 1. The zero-order valence-electron chi connectivity index (χ0n) is 19.2. The van der Waals surface area contributed by atoms with Gasteiger partial charge in [0.05, 0.1) is 37.1 Å². The number of pyridine rings is 1. The summed E-state index contributed by atoms with van der Waals surface area (Å²) in [5.74, 6) is -2.40. The molecule has 3 aromatic rings. The molecule has 3 heterocycles. The van der Waals surface area contributed by atoms with Gasteiger partial charge in [0.15, 0.2) is 0 Å². The predicted molar refractivity (Wildman–Crippen MR) is 120 cm³/mol. The van der Waals surface area contributed by atoms with E-state index in [1.807, 2.05) is 13.8 Å². The van der Waals surface area contributed by atoms with Crippen LogP contribution in [0.3, 0.4) is 0 Å². The van der Waals surface area contributed by atoms with Crippen LogP contribution in [0.2, 0.25) is 0 Å². The molecule has 0 bridgehead atoms. The van der Waals surface area contributed by atoms with E-state index in [9.17, 15) is 22.8 Å². The maximum absolute atomic E-state index is 14.8. The highest BCUT2D eigenvalue weighted by Gasteiger charge is 2.40. The van der Waals surface area contributed by atoms with Crippen molar-refractivity contribution >= 4 is 11.8 Å². The third-order valence-electron chi connectivity index (χ3n) is 6.06. The van der Waals surface area contributed by atoms with Gasteiger partial charge < -0.3 is 10.2 Å². The van der Waals surface area contributed by atoms with Gasteiger partial charge in [0.1, 0.15) is 23.8 Å². The van der Waals surface area contributed by atoms with Crippen molar-refractivity contribution in [3.8, 4) is 0 Å². The molecule has 1 aromatic carbocycles. The lowest BCUT2D eigenvalue weighted by atomic mass is 9.94. The first-order valence-electron chi connectivity index (χ1n) is 11.2. The molecule has 184 valence electrons. The van der Waals surface area contributed by atoms with E-state index in [1.54, 1.807) is 12.1 Å². The number of nitrogens with zero attached hydrogens (tertiary/aromatic N) is 4. The number of amides is 2. The van der Waals surface area contributed by atoms with Gasteiger partial charge in [-0.25, -0.2) is 13.2 Å². The van der Waals surface area contributed by atoms with Gasteiger partial charge >= 0.3 is 0 Å². The second-order valence-corrected chi connectivity index (χ2v) is 8.83. The van der Waals surface area contributed by atoms with E-state index in [0.717, 1.165) is 11.1 Å². The van der Waals surface area contributed by atoms with Crippen LogP contribution in [0.5, 0.6) is 0 Å². The molecule has 1 fully saturated rings. The molecule has 8 nitrogen and oxygen atoms in total. The van der Waals surface area contributed by atoms with Crippen LogP contribution >= 0.6 is 0 Å². The fourth-order valence-electron chi connectivity index (χ4n) is 4.27. The van der Waals surface area contributed by atoms with Crippen molar-refractivity contribution in [1.29, 1.82) is 0 Å². The van der Waals surface area contributed by atoms with Crippen LogP contribution in [0.4, 0.5) is 13.2 Å². The molecule has 0 radical (unpaired) electrons. The largest absolute Gasteiger partial charge is 0.343 e. The highest BCUT2D eigenvalue weighted by atomic mass is 19.1. The lowest BCUT2D eigenvalue weighted by Crippen LogP contribution is -2.47. The SMILES string of the molecule is CC(C)c1ccc(C(NC(=O)C2CC(F)CN2C(=O)Cc2cnn[nH]2)c2ccncc2F)cc1F. The number of likely N-dealkylation sites (tertiary alicyclic amines) is 1. The summed E-state index contributed by atoms with van der Waals surface area (Å²) in [5.41, 5.74) is 1.28. The second-order valence-electron chi connectivity index (χ2n) is 8.83. The topological polar surface area (TPSA) is 104 Å². The van der Waals surface area contributed by atoms with E-state index >= 15 is 0 Å². The number of rotatable bonds is 7. The third kappa shape index (κ3) is 5.33. The van der Waals surface area contributed by atoms with Crippen molar-refractivity contribution in [3.63, 3.8) is 0 Å². The van der Waals surface area contributed by atoms with E-state index in [-0.39, 0.29) is 30.9 Å². The summed E-state index contributed by atoms with van der Waals surface area (Å²) in [6.45, 7) is 3.45. The van der Waals surface area contributed by atoms with E-state index in [0.29, 0.717) is 16.8 Å². The molecule has 3 atom stereocenters. The summed E-state index contributed by atoms with van der Waals surface area (Å²) in [4.78, 5) is 31.0. The van der Waals surface area contributed by atoms with E-state index in [4.69, 9.17) is 0 Å². The van der Waals surface area contributed by atoms with Gasteiger partial charge in [-0.3, -0.25) is 19.7 Å². The Hall–Kier alpha value is -3.76. The number of hydrogen-bond acceptors (Lipinski definition) is 5. The van der Waals surface area contributed by atoms with Crippen LogP contribution in [0, 0.1) is 11.6 Å². The van der Waals surface area contributed by atoms with Crippen molar-refractivity contribution < 1.29 is 22.8 Å². The molecule has 4 rings (SSSR count).